The third-order valence-electron chi connectivity index (χ3n) is 1.21. The van der Waals surface area contributed by atoms with Crippen molar-refractivity contribution in [1.29, 1.82) is 0 Å². The van der Waals surface area contributed by atoms with Gasteiger partial charge in [-0.2, -0.15) is 0 Å². The van der Waals surface area contributed by atoms with Crippen LogP contribution in [0.5, 0.6) is 0 Å². The highest BCUT2D eigenvalue weighted by atomic mass is 16.1. The summed E-state index contributed by atoms with van der Waals surface area (Å²) in [5.41, 5.74) is 0. The Morgan fingerprint density at radius 1 is 1.50 bits per heavy atom. The second kappa shape index (κ2) is 2.60. The van der Waals surface area contributed by atoms with Crippen molar-refractivity contribution in [1.82, 2.24) is 0 Å². The summed E-state index contributed by atoms with van der Waals surface area (Å²) >= 11 is 0. The summed E-state index contributed by atoms with van der Waals surface area (Å²) in [7, 11) is 0. The average Bonchev–Trinajstić information content (AvgIpc) is 1.94. The van der Waals surface area contributed by atoms with Crippen LogP contribution in [-0.2, 0) is 4.79 Å². The van der Waals surface area contributed by atoms with Crippen LogP contribution in [0, 0.1) is 0 Å². The second-order valence-corrected chi connectivity index (χ2v) is 1.95. The fraction of sp³-hybridized carbons (Fsp3) is 0.667. The second-order valence-electron chi connectivity index (χ2n) is 1.95. The van der Waals surface area contributed by atoms with Crippen LogP contribution in [0.3, 0.4) is 0 Å². The summed E-state index contributed by atoms with van der Waals surface area (Å²) in [6, 6.07) is 0. The quantitative estimate of drug-likeness (QED) is 0.461. The lowest BCUT2D eigenvalue weighted by molar-refractivity contribution is -0.117. The predicted octanol–water partition coefficient (Wildman–Crippen LogP) is 1.16. The fourth-order valence-corrected chi connectivity index (χ4v) is 0.743. The molecule has 0 radical (unpaired) electrons. The van der Waals surface area contributed by atoms with Crippen molar-refractivity contribution in [3.05, 3.63) is 0 Å². The number of hydrogen-bond donors (Lipinski definition) is 0. The van der Waals surface area contributed by atoms with Gasteiger partial charge in [-0.15, -0.1) is 0 Å². The summed E-state index contributed by atoms with van der Waals surface area (Å²) in [5.74, 6) is 0.0440. The van der Waals surface area contributed by atoms with Gasteiger partial charge in [-0.05, 0) is 19.3 Å². The van der Waals surface area contributed by atoms with Gasteiger partial charge in [0.15, 0.2) is 0 Å². The Hall–Kier alpha value is -0.660. The van der Waals surface area contributed by atoms with Gasteiger partial charge in [0.25, 0.3) is 0 Å². The molecule has 0 aromatic carbocycles. The van der Waals surface area contributed by atoms with Gasteiger partial charge < -0.3 is 0 Å². The van der Waals surface area contributed by atoms with Crippen LogP contribution in [0.1, 0.15) is 25.7 Å². The van der Waals surface area contributed by atoms with E-state index in [4.69, 9.17) is 0 Å². The molecule has 0 fully saturated rings. The van der Waals surface area contributed by atoms with E-state index in [1.54, 1.807) is 6.21 Å². The number of carbonyl (C=O) groups excluding carboxylic acids is 1. The largest absolute Gasteiger partial charge is 0.273 e. The van der Waals surface area contributed by atoms with Gasteiger partial charge in [-0.25, -0.2) is 4.99 Å². The summed E-state index contributed by atoms with van der Waals surface area (Å²) in [5, 5.41) is 0. The van der Waals surface area contributed by atoms with Crippen LogP contribution < -0.4 is 0 Å². The molecule has 0 saturated carbocycles. The third-order valence-corrected chi connectivity index (χ3v) is 1.21. The van der Waals surface area contributed by atoms with Gasteiger partial charge in [-0.1, -0.05) is 0 Å². The van der Waals surface area contributed by atoms with E-state index in [2.05, 4.69) is 4.99 Å². The molecule has 0 saturated heterocycles. The summed E-state index contributed by atoms with van der Waals surface area (Å²) in [4.78, 5) is 14.1. The normalized spacial score (nSPS) is 20.8. The van der Waals surface area contributed by atoms with E-state index < -0.39 is 0 Å². The van der Waals surface area contributed by atoms with Crippen LogP contribution in [0.4, 0.5) is 0 Å². The predicted molar refractivity (Wildman–Crippen MR) is 32.0 cm³/mol. The molecule has 0 spiro atoms. The van der Waals surface area contributed by atoms with Crippen molar-refractivity contribution >= 4 is 12.1 Å². The number of nitrogens with zero attached hydrogens (tertiary/aromatic N) is 1. The van der Waals surface area contributed by atoms with Gasteiger partial charge in [0.1, 0.15) is 0 Å². The van der Waals surface area contributed by atoms with E-state index >= 15 is 0 Å². The topological polar surface area (TPSA) is 29.4 Å². The molecule has 0 unspecified atom stereocenters. The van der Waals surface area contributed by atoms with Crippen molar-refractivity contribution in [3.63, 3.8) is 0 Å². The Bertz CT molecular complexity index is 118. The number of amides is 1. The van der Waals surface area contributed by atoms with Crippen LogP contribution in [-0.4, -0.2) is 12.1 Å². The van der Waals surface area contributed by atoms with Crippen molar-refractivity contribution in [2.24, 2.45) is 4.99 Å². The SMILES string of the molecule is O=C1CCCCC=N1. The van der Waals surface area contributed by atoms with Gasteiger partial charge in [0.2, 0.25) is 5.91 Å². The minimum absolute atomic E-state index is 0.0440. The number of carbonyl (C=O) groups is 1. The van der Waals surface area contributed by atoms with Crippen LogP contribution in [0.15, 0.2) is 4.99 Å². The van der Waals surface area contributed by atoms with Crippen molar-refractivity contribution in [3.8, 4) is 0 Å². The molecular formula is C6H9NO. The molecule has 0 aromatic heterocycles. The van der Waals surface area contributed by atoms with Crippen molar-refractivity contribution < 1.29 is 4.79 Å². The van der Waals surface area contributed by atoms with Crippen molar-refractivity contribution in [2.75, 3.05) is 0 Å². The Morgan fingerprint density at radius 3 is 3.25 bits per heavy atom. The summed E-state index contributed by atoms with van der Waals surface area (Å²) in [6.45, 7) is 0. The molecule has 0 aromatic rings. The minimum Gasteiger partial charge on any atom is -0.273 e. The maximum atomic E-state index is 10.5. The molecule has 0 atom stereocenters. The highest BCUT2D eigenvalue weighted by Gasteiger charge is 1.99. The zero-order chi connectivity index (χ0) is 5.82. The summed E-state index contributed by atoms with van der Waals surface area (Å²) < 4.78 is 0. The number of hydrogen-bond acceptors (Lipinski definition) is 1. The molecule has 1 amide bonds. The molecule has 1 heterocycles. The lowest BCUT2D eigenvalue weighted by atomic mass is 10.2. The molecule has 2 heteroatoms. The molecule has 8 heavy (non-hydrogen) atoms. The zero-order valence-electron chi connectivity index (χ0n) is 4.76. The highest BCUT2D eigenvalue weighted by Crippen LogP contribution is 2.03. The lowest BCUT2D eigenvalue weighted by Crippen LogP contribution is -1.87. The Kier molecular flexibility index (Phi) is 1.78. The van der Waals surface area contributed by atoms with Crippen LogP contribution >= 0.6 is 0 Å². The molecule has 1 aliphatic rings. The van der Waals surface area contributed by atoms with Crippen molar-refractivity contribution in [2.45, 2.75) is 25.7 Å². The smallest absolute Gasteiger partial charge is 0.245 e. The minimum atomic E-state index is 0.0440. The number of rotatable bonds is 0. The maximum Gasteiger partial charge on any atom is 0.245 e. The standard InChI is InChI=1S/C6H9NO/c8-6-4-2-1-3-5-7-6/h5H,1-4H2. The Morgan fingerprint density at radius 2 is 2.38 bits per heavy atom. The highest BCUT2D eigenvalue weighted by molar-refractivity contribution is 5.85. The average molecular weight is 111 g/mol. The maximum absolute atomic E-state index is 10.5. The molecule has 1 rings (SSSR count). The molecule has 44 valence electrons. The van der Waals surface area contributed by atoms with Crippen LogP contribution in [0.2, 0.25) is 0 Å². The zero-order valence-corrected chi connectivity index (χ0v) is 4.76. The van der Waals surface area contributed by atoms with Gasteiger partial charge in [0, 0.05) is 12.6 Å². The molecule has 1 aliphatic heterocycles. The van der Waals surface area contributed by atoms with Gasteiger partial charge in [0.05, 0.1) is 0 Å². The Labute approximate surface area is 48.6 Å². The van der Waals surface area contributed by atoms with Gasteiger partial charge >= 0.3 is 0 Å². The van der Waals surface area contributed by atoms with E-state index in [1.165, 1.54) is 0 Å². The first-order valence-electron chi connectivity index (χ1n) is 2.95. The molecular weight excluding hydrogens is 102 g/mol. The van der Waals surface area contributed by atoms with E-state index in [9.17, 15) is 4.79 Å². The summed E-state index contributed by atoms with van der Waals surface area (Å²) in [6.07, 6.45) is 5.48. The third kappa shape index (κ3) is 1.45. The first-order valence-corrected chi connectivity index (χ1v) is 2.95. The van der Waals surface area contributed by atoms with Gasteiger partial charge in [-0.3, -0.25) is 4.79 Å². The molecule has 0 aliphatic carbocycles. The number of aliphatic imine (C=N–C) groups is 1. The van der Waals surface area contributed by atoms with E-state index in [-0.39, 0.29) is 5.91 Å². The monoisotopic (exact) mass is 111 g/mol. The fourth-order valence-electron chi connectivity index (χ4n) is 0.743. The molecule has 2 nitrogen and oxygen atoms in total. The van der Waals surface area contributed by atoms with E-state index in [0.29, 0.717) is 6.42 Å². The van der Waals surface area contributed by atoms with Crippen LogP contribution in [0.25, 0.3) is 0 Å². The van der Waals surface area contributed by atoms with E-state index in [0.717, 1.165) is 19.3 Å². The Balaban J connectivity index is 2.44. The first kappa shape index (κ1) is 5.48. The lowest BCUT2D eigenvalue weighted by Gasteiger charge is -1.84. The molecule has 0 bridgehead atoms. The first-order chi connectivity index (χ1) is 3.89. The van der Waals surface area contributed by atoms with E-state index in [1.807, 2.05) is 0 Å². The molecule has 0 N–H and O–H groups in total.